The Morgan fingerprint density at radius 3 is 2.59 bits per heavy atom. The van der Waals surface area contributed by atoms with E-state index in [4.69, 9.17) is 4.52 Å². The van der Waals surface area contributed by atoms with Crippen LogP contribution in [0.3, 0.4) is 0 Å². The zero-order valence-corrected chi connectivity index (χ0v) is 14.6. The van der Waals surface area contributed by atoms with Crippen molar-refractivity contribution in [2.24, 2.45) is 0 Å². The van der Waals surface area contributed by atoms with Crippen LogP contribution in [0.5, 0.6) is 0 Å². The highest BCUT2D eigenvalue weighted by Gasteiger charge is 2.41. The molecule has 1 aromatic rings. The summed E-state index contributed by atoms with van der Waals surface area (Å²) in [6, 6.07) is -0.152. The topological polar surface area (TPSA) is 89.3 Å². The maximum Gasteiger partial charge on any atom is 0.257 e. The van der Waals surface area contributed by atoms with Gasteiger partial charge in [-0.1, -0.05) is 19.0 Å². The van der Waals surface area contributed by atoms with E-state index in [1.165, 1.54) is 0 Å². The lowest BCUT2D eigenvalue weighted by atomic mass is 9.98. The van der Waals surface area contributed by atoms with Gasteiger partial charge in [-0.15, -0.1) is 0 Å². The number of hydrogen-bond donors (Lipinski definition) is 1. The normalized spacial score (nSPS) is 23.5. The Hall–Kier alpha value is -1.37. The van der Waals surface area contributed by atoms with Crippen molar-refractivity contribution < 1.29 is 17.7 Å². The summed E-state index contributed by atoms with van der Waals surface area (Å²) < 4.78 is 28.5. The number of nitrogens with one attached hydrogen (secondary N) is 1. The third kappa shape index (κ3) is 3.04. The number of carbonyl (C=O) groups is 1. The minimum Gasteiger partial charge on any atom is -0.360 e. The Morgan fingerprint density at radius 2 is 2.05 bits per heavy atom. The first-order chi connectivity index (χ1) is 10.0. The van der Waals surface area contributed by atoms with E-state index in [0.29, 0.717) is 29.9 Å². The summed E-state index contributed by atoms with van der Waals surface area (Å²) in [5.41, 5.74) is 1.03. The van der Waals surface area contributed by atoms with Crippen LogP contribution in [0.1, 0.15) is 68.3 Å². The minimum atomic E-state index is -3.10. The molecule has 1 aliphatic heterocycles. The molecule has 124 valence electrons. The molecule has 0 radical (unpaired) electrons. The molecule has 22 heavy (non-hydrogen) atoms. The molecule has 7 heteroatoms. The third-order valence-electron chi connectivity index (χ3n) is 4.29. The number of rotatable bonds is 3. The fourth-order valence-corrected chi connectivity index (χ4v) is 4.44. The van der Waals surface area contributed by atoms with Crippen molar-refractivity contribution in [1.82, 2.24) is 10.5 Å². The molecular weight excluding hydrogens is 304 g/mol. The molecule has 1 amide bonds. The highest BCUT2D eigenvalue weighted by Crippen LogP contribution is 2.31. The second-order valence-corrected chi connectivity index (χ2v) is 9.65. The van der Waals surface area contributed by atoms with E-state index >= 15 is 0 Å². The van der Waals surface area contributed by atoms with E-state index in [0.717, 1.165) is 0 Å². The number of amides is 1. The molecule has 1 unspecified atom stereocenters. The van der Waals surface area contributed by atoms with Gasteiger partial charge in [0.1, 0.15) is 5.56 Å². The van der Waals surface area contributed by atoms with Crippen molar-refractivity contribution in [1.29, 1.82) is 0 Å². The molecule has 2 rings (SSSR count). The van der Waals surface area contributed by atoms with Crippen LogP contribution in [-0.4, -0.2) is 36.0 Å². The summed E-state index contributed by atoms with van der Waals surface area (Å²) in [7, 11) is -3.10. The maximum absolute atomic E-state index is 12.5. The first-order valence-corrected chi connectivity index (χ1v) is 9.19. The molecule has 1 aliphatic rings. The predicted octanol–water partition coefficient (Wildman–Crippen LogP) is 2.19. The van der Waals surface area contributed by atoms with Gasteiger partial charge in [0, 0.05) is 12.0 Å². The molecule has 0 bridgehead atoms. The molecule has 6 nitrogen and oxygen atoms in total. The molecule has 1 saturated heterocycles. The van der Waals surface area contributed by atoms with Gasteiger partial charge in [0.15, 0.2) is 15.6 Å². The molecule has 1 aromatic heterocycles. The standard InChI is InChI=1S/C15H24N2O4S/c1-9(2)13-12(10(3)17-21-13)14(18)16-11-6-7-22(19,20)15(4,5)8-11/h9,11H,6-8H2,1-5H3,(H,16,18). The third-order valence-corrected chi connectivity index (χ3v) is 6.91. The zero-order chi connectivity index (χ0) is 16.7. The largest absolute Gasteiger partial charge is 0.360 e. The molecule has 0 spiro atoms. The van der Waals surface area contributed by atoms with Gasteiger partial charge in [-0.05, 0) is 33.6 Å². The van der Waals surface area contributed by atoms with Gasteiger partial charge < -0.3 is 9.84 Å². The number of nitrogens with zero attached hydrogens (tertiary/aromatic N) is 1. The van der Waals surface area contributed by atoms with Crippen molar-refractivity contribution in [3.8, 4) is 0 Å². The molecule has 1 fully saturated rings. The quantitative estimate of drug-likeness (QED) is 0.918. The number of carbonyl (C=O) groups excluding carboxylic acids is 1. The smallest absolute Gasteiger partial charge is 0.257 e. The zero-order valence-electron chi connectivity index (χ0n) is 13.8. The van der Waals surface area contributed by atoms with E-state index in [-0.39, 0.29) is 23.6 Å². The molecule has 0 saturated carbocycles. The van der Waals surface area contributed by atoms with Gasteiger partial charge >= 0.3 is 0 Å². The average Bonchev–Trinajstić information content (AvgIpc) is 2.76. The number of aryl methyl sites for hydroxylation is 1. The molecular formula is C15H24N2O4S. The number of aromatic nitrogens is 1. The van der Waals surface area contributed by atoms with Crippen molar-refractivity contribution in [2.45, 2.75) is 64.2 Å². The molecule has 0 aliphatic carbocycles. The van der Waals surface area contributed by atoms with E-state index < -0.39 is 14.6 Å². The number of hydrogen-bond acceptors (Lipinski definition) is 5. The van der Waals surface area contributed by atoms with Gasteiger partial charge in [-0.2, -0.15) is 0 Å². The summed E-state index contributed by atoms with van der Waals surface area (Å²) in [5, 5.41) is 6.82. The fraction of sp³-hybridized carbons (Fsp3) is 0.733. The Balaban J connectivity index is 2.16. The van der Waals surface area contributed by atoms with Crippen LogP contribution in [0.25, 0.3) is 0 Å². The van der Waals surface area contributed by atoms with Gasteiger partial charge in [-0.3, -0.25) is 4.79 Å². The lowest BCUT2D eigenvalue weighted by molar-refractivity contribution is 0.0927. The fourth-order valence-electron chi connectivity index (χ4n) is 2.83. The van der Waals surface area contributed by atoms with Gasteiger partial charge in [0.25, 0.3) is 5.91 Å². The van der Waals surface area contributed by atoms with E-state index in [9.17, 15) is 13.2 Å². The van der Waals surface area contributed by atoms with Crippen LogP contribution in [0, 0.1) is 6.92 Å². The summed E-state index contributed by atoms with van der Waals surface area (Å²) in [4.78, 5) is 12.5. The maximum atomic E-state index is 12.5. The van der Waals surface area contributed by atoms with Crippen molar-refractivity contribution in [3.63, 3.8) is 0 Å². The SMILES string of the molecule is Cc1noc(C(C)C)c1C(=O)NC1CCS(=O)(=O)C(C)(C)C1. The van der Waals surface area contributed by atoms with Crippen LogP contribution >= 0.6 is 0 Å². The minimum absolute atomic E-state index is 0.0603. The Kier molecular flexibility index (Phi) is 4.39. The first-order valence-electron chi connectivity index (χ1n) is 7.54. The molecule has 0 aromatic carbocycles. The lowest BCUT2D eigenvalue weighted by Crippen LogP contribution is -2.49. The molecule has 1 N–H and O–H groups in total. The van der Waals surface area contributed by atoms with E-state index in [1.807, 2.05) is 13.8 Å². The molecule has 2 heterocycles. The van der Waals surface area contributed by atoms with Crippen LogP contribution in [0.4, 0.5) is 0 Å². The summed E-state index contributed by atoms with van der Waals surface area (Å²) in [6.45, 7) is 9.04. The summed E-state index contributed by atoms with van der Waals surface area (Å²) in [5.74, 6) is 0.496. The first kappa shape index (κ1) is 17.0. The summed E-state index contributed by atoms with van der Waals surface area (Å²) in [6.07, 6.45) is 0.862. The van der Waals surface area contributed by atoms with E-state index in [2.05, 4.69) is 10.5 Å². The predicted molar refractivity (Wildman–Crippen MR) is 83.7 cm³/mol. The van der Waals surface area contributed by atoms with Crippen molar-refractivity contribution in [2.75, 3.05) is 5.75 Å². The summed E-state index contributed by atoms with van der Waals surface area (Å²) >= 11 is 0. The van der Waals surface area contributed by atoms with E-state index in [1.54, 1.807) is 20.8 Å². The van der Waals surface area contributed by atoms with Gasteiger partial charge in [0.2, 0.25) is 0 Å². The van der Waals surface area contributed by atoms with Crippen LogP contribution < -0.4 is 5.32 Å². The lowest BCUT2D eigenvalue weighted by Gasteiger charge is -2.35. The van der Waals surface area contributed by atoms with Gasteiger partial charge in [0.05, 0.1) is 16.2 Å². The van der Waals surface area contributed by atoms with Crippen molar-refractivity contribution >= 4 is 15.7 Å². The second kappa shape index (κ2) is 5.68. The van der Waals surface area contributed by atoms with Crippen molar-refractivity contribution in [3.05, 3.63) is 17.0 Å². The van der Waals surface area contributed by atoms with Crippen LogP contribution in [0.15, 0.2) is 4.52 Å². The molecule has 1 atom stereocenters. The Morgan fingerprint density at radius 1 is 1.41 bits per heavy atom. The Labute approximate surface area is 131 Å². The van der Waals surface area contributed by atoms with Crippen LogP contribution in [-0.2, 0) is 9.84 Å². The number of sulfone groups is 1. The second-order valence-electron chi connectivity index (χ2n) is 6.90. The Bertz CT molecular complexity index is 674. The van der Waals surface area contributed by atoms with Gasteiger partial charge in [-0.25, -0.2) is 8.42 Å². The highest BCUT2D eigenvalue weighted by atomic mass is 32.2. The highest BCUT2D eigenvalue weighted by molar-refractivity contribution is 7.92. The average molecular weight is 328 g/mol. The van der Waals surface area contributed by atoms with Crippen LogP contribution in [0.2, 0.25) is 0 Å². The monoisotopic (exact) mass is 328 g/mol.